The SMILES string of the molecule is CCCNCCNC(=O)c1cc(OC)c(OC)cc1I. The van der Waals surface area contributed by atoms with Crippen LogP contribution < -0.4 is 20.1 Å². The molecule has 1 amide bonds. The molecule has 0 heterocycles. The first-order chi connectivity index (χ1) is 9.63. The minimum Gasteiger partial charge on any atom is -0.493 e. The summed E-state index contributed by atoms with van der Waals surface area (Å²) in [4.78, 5) is 12.1. The van der Waals surface area contributed by atoms with Gasteiger partial charge in [0.25, 0.3) is 5.91 Å². The summed E-state index contributed by atoms with van der Waals surface area (Å²) in [6.45, 7) is 4.44. The highest BCUT2D eigenvalue weighted by Crippen LogP contribution is 2.31. The molecule has 0 unspecified atom stereocenters. The van der Waals surface area contributed by atoms with Crippen molar-refractivity contribution >= 4 is 28.5 Å². The highest BCUT2D eigenvalue weighted by molar-refractivity contribution is 14.1. The fourth-order valence-corrected chi connectivity index (χ4v) is 2.37. The van der Waals surface area contributed by atoms with E-state index in [0.29, 0.717) is 23.6 Å². The van der Waals surface area contributed by atoms with Crippen LogP contribution in [0.3, 0.4) is 0 Å². The van der Waals surface area contributed by atoms with Gasteiger partial charge < -0.3 is 20.1 Å². The maximum Gasteiger partial charge on any atom is 0.252 e. The first-order valence-electron chi connectivity index (χ1n) is 6.54. The first-order valence-corrected chi connectivity index (χ1v) is 7.62. The fourth-order valence-electron chi connectivity index (χ4n) is 1.69. The summed E-state index contributed by atoms with van der Waals surface area (Å²) in [6, 6.07) is 3.50. The number of hydrogen-bond acceptors (Lipinski definition) is 4. The second-order valence-corrected chi connectivity index (χ2v) is 5.36. The van der Waals surface area contributed by atoms with Crippen LogP contribution in [0.5, 0.6) is 11.5 Å². The summed E-state index contributed by atoms with van der Waals surface area (Å²) in [7, 11) is 3.13. The largest absolute Gasteiger partial charge is 0.493 e. The van der Waals surface area contributed by atoms with E-state index in [9.17, 15) is 4.79 Å². The summed E-state index contributed by atoms with van der Waals surface area (Å²) in [5, 5.41) is 6.12. The van der Waals surface area contributed by atoms with Crippen molar-refractivity contribution in [3.63, 3.8) is 0 Å². The Morgan fingerprint density at radius 1 is 1.15 bits per heavy atom. The number of amides is 1. The molecule has 0 aliphatic heterocycles. The van der Waals surface area contributed by atoms with E-state index < -0.39 is 0 Å². The Hall–Kier alpha value is -1.02. The van der Waals surface area contributed by atoms with E-state index in [-0.39, 0.29) is 5.91 Å². The van der Waals surface area contributed by atoms with E-state index in [1.165, 1.54) is 0 Å². The van der Waals surface area contributed by atoms with Crippen molar-refractivity contribution in [3.8, 4) is 11.5 Å². The summed E-state index contributed by atoms with van der Waals surface area (Å²) in [5.74, 6) is 1.08. The van der Waals surface area contributed by atoms with Gasteiger partial charge in [0.1, 0.15) is 0 Å². The van der Waals surface area contributed by atoms with E-state index in [4.69, 9.17) is 9.47 Å². The van der Waals surface area contributed by atoms with Gasteiger partial charge in [0.05, 0.1) is 19.8 Å². The number of hydrogen-bond donors (Lipinski definition) is 2. The topological polar surface area (TPSA) is 59.6 Å². The standard InChI is InChI=1S/C14H21IN2O3/c1-4-5-16-6-7-17-14(18)10-8-12(19-2)13(20-3)9-11(10)15/h8-9,16H,4-7H2,1-3H3,(H,17,18). The lowest BCUT2D eigenvalue weighted by molar-refractivity contribution is 0.0952. The van der Waals surface area contributed by atoms with Gasteiger partial charge in [-0.2, -0.15) is 0 Å². The van der Waals surface area contributed by atoms with Crippen molar-refractivity contribution in [2.24, 2.45) is 0 Å². The number of benzene rings is 1. The predicted molar refractivity (Wildman–Crippen MR) is 87.8 cm³/mol. The minimum atomic E-state index is -0.103. The molecule has 1 aromatic carbocycles. The van der Waals surface area contributed by atoms with Gasteiger partial charge in [-0.1, -0.05) is 6.92 Å². The number of carbonyl (C=O) groups is 1. The molecular weight excluding hydrogens is 371 g/mol. The van der Waals surface area contributed by atoms with Crippen molar-refractivity contribution in [2.45, 2.75) is 13.3 Å². The maximum absolute atomic E-state index is 12.1. The van der Waals surface area contributed by atoms with E-state index in [2.05, 4.69) is 40.1 Å². The predicted octanol–water partition coefficient (Wildman–Crippen LogP) is 2.04. The highest BCUT2D eigenvalue weighted by atomic mass is 127. The van der Waals surface area contributed by atoms with Crippen LogP contribution in [0.2, 0.25) is 0 Å². The normalized spacial score (nSPS) is 10.2. The zero-order valence-corrected chi connectivity index (χ0v) is 14.2. The fraction of sp³-hybridized carbons (Fsp3) is 0.500. The van der Waals surface area contributed by atoms with Crippen molar-refractivity contribution < 1.29 is 14.3 Å². The number of carbonyl (C=O) groups excluding carboxylic acids is 1. The molecule has 6 heteroatoms. The number of nitrogens with one attached hydrogen (secondary N) is 2. The lowest BCUT2D eigenvalue weighted by Gasteiger charge is -2.12. The van der Waals surface area contributed by atoms with Crippen molar-refractivity contribution in [3.05, 3.63) is 21.3 Å². The molecule has 0 aliphatic carbocycles. The minimum absolute atomic E-state index is 0.103. The van der Waals surface area contributed by atoms with Gasteiger partial charge in [-0.25, -0.2) is 0 Å². The quantitative estimate of drug-likeness (QED) is 0.525. The second-order valence-electron chi connectivity index (χ2n) is 4.19. The zero-order valence-electron chi connectivity index (χ0n) is 12.1. The van der Waals surface area contributed by atoms with Crippen LogP contribution >= 0.6 is 22.6 Å². The first kappa shape index (κ1) is 17.0. The number of methoxy groups -OCH3 is 2. The molecule has 0 aromatic heterocycles. The Morgan fingerprint density at radius 3 is 2.40 bits per heavy atom. The Labute approximate surface area is 133 Å². The second kappa shape index (κ2) is 9.02. The molecule has 2 N–H and O–H groups in total. The van der Waals surface area contributed by atoms with Gasteiger partial charge in [-0.15, -0.1) is 0 Å². The van der Waals surface area contributed by atoms with Crippen LogP contribution in [-0.4, -0.2) is 39.8 Å². The molecule has 20 heavy (non-hydrogen) atoms. The number of ether oxygens (including phenoxy) is 2. The van der Waals surface area contributed by atoms with E-state index in [0.717, 1.165) is 23.1 Å². The Balaban J connectivity index is 2.68. The summed E-state index contributed by atoms with van der Waals surface area (Å²) in [6.07, 6.45) is 1.08. The van der Waals surface area contributed by atoms with Crippen LogP contribution in [0.4, 0.5) is 0 Å². The Bertz CT molecular complexity index is 452. The molecule has 0 radical (unpaired) electrons. The van der Waals surface area contributed by atoms with Crippen LogP contribution in [0.1, 0.15) is 23.7 Å². The number of halogens is 1. The average molecular weight is 392 g/mol. The third-order valence-corrected chi connectivity index (χ3v) is 3.62. The molecule has 0 atom stereocenters. The molecule has 0 saturated carbocycles. The number of rotatable bonds is 8. The molecule has 0 spiro atoms. The average Bonchev–Trinajstić information content (AvgIpc) is 2.46. The van der Waals surface area contributed by atoms with Crippen LogP contribution in [0.15, 0.2) is 12.1 Å². The van der Waals surface area contributed by atoms with Crippen molar-refractivity contribution in [1.82, 2.24) is 10.6 Å². The summed E-state index contributed by atoms with van der Waals surface area (Å²) >= 11 is 2.12. The molecule has 1 rings (SSSR count). The third kappa shape index (κ3) is 4.82. The van der Waals surface area contributed by atoms with Gasteiger partial charge in [0.2, 0.25) is 0 Å². The van der Waals surface area contributed by atoms with Crippen LogP contribution in [0, 0.1) is 3.57 Å². The summed E-state index contributed by atoms with van der Waals surface area (Å²) < 4.78 is 11.3. The molecule has 1 aromatic rings. The van der Waals surface area contributed by atoms with Crippen molar-refractivity contribution in [1.29, 1.82) is 0 Å². The van der Waals surface area contributed by atoms with Crippen molar-refractivity contribution in [2.75, 3.05) is 33.9 Å². The molecule has 0 fully saturated rings. The highest BCUT2D eigenvalue weighted by Gasteiger charge is 2.14. The molecule has 5 nitrogen and oxygen atoms in total. The molecule has 0 bridgehead atoms. The third-order valence-electron chi connectivity index (χ3n) is 2.73. The van der Waals surface area contributed by atoms with E-state index in [1.807, 2.05) is 0 Å². The van der Waals surface area contributed by atoms with Gasteiger partial charge in [-0.05, 0) is 47.7 Å². The van der Waals surface area contributed by atoms with Gasteiger partial charge >= 0.3 is 0 Å². The van der Waals surface area contributed by atoms with Crippen LogP contribution in [0.25, 0.3) is 0 Å². The van der Waals surface area contributed by atoms with Gasteiger partial charge in [0, 0.05) is 16.7 Å². The monoisotopic (exact) mass is 392 g/mol. The lowest BCUT2D eigenvalue weighted by Crippen LogP contribution is -2.32. The molecular formula is C14H21IN2O3. The summed E-state index contributed by atoms with van der Waals surface area (Å²) in [5.41, 5.74) is 0.596. The van der Waals surface area contributed by atoms with E-state index in [1.54, 1.807) is 26.4 Å². The Kier molecular flexibility index (Phi) is 7.68. The molecule has 0 saturated heterocycles. The molecule has 112 valence electrons. The van der Waals surface area contributed by atoms with Gasteiger partial charge in [0.15, 0.2) is 11.5 Å². The van der Waals surface area contributed by atoms with E-state index >= 15 is 0 Å². The smallest absolute Gasteiger partial charge is 0.252 e. The van der Waals surface area contributed by atoms with Crippen LogP contribution in [-0.2, 0) is 0 Å². The zero-order chi connectivity index (χ0) is 15.0. The lowest BCUT2D eigenvalue weighted by atomic mass is 10.2. The Morgan fingerprint density at radius 2 is 1.80 bits per heavy atom. The van der Waals surface area contributed by atoms with Gasteiger partial charge in [-0.3, -0.25) is 4.79 Å². The maximum atomic E-state index is 12.1. The molecule has 0 aliphatic rings.